The van der Waals surface area contributed by atoms with Gasteiger partial charge in [0, 0.05) is 31.6 Å². The van der Waals surface area contributed by atoms with Crippen molar-refractivity contribution in [2.75, 3.05) is 36.9 Å². The molecule has 2 aromatic carbocycles. The second-order valence-electron chi connectivity index (χ2n) is 6.04. The first kappa shape index (κ1) is 18.8. The Bertz CT molecular complexity index is 871. The number of methoxy groups -OCH3 is 2. The molecule has 1 atom stereocenters. The van der Waals surface area contributed by atoms with E-state index in [1.165, 1.54) is 25.3 Å². The lowest BCUT2D eigenvalue weighted by Gasteiger charge is -2.19. The van der Waals surface area contributed by atoms with Gasteiger partial charge in [0.1, 0.15) is 5.75 Å². The molecule has 8 heteroatoms. The van der Waals surface area contributed by atoms with E-state index < -0.39 is 10.0 Å². The summed E-state index contributed by atoms with van der Waals surface area (Å²) < 4.78 is 38.1. The molecule has 3 rings (SSSR count). The fourth-order valence-corrected chi connectivity index (χ4v) is 4.33. The van der Waals surface area contributed by atoms with E-state index in [9.17, 15) is 8.42 Å². The highest BCUT2D eigenvalue weighted by Gasteiger charge is 2.22. The molecule has 0 radical (unpaired) electrons. The Labute approximate surface area is 158 Å². The van der Waals surface area contributed by atoms with Crippen molar-refractivity contribution in [2.24, 2.45) is 0 Å². The number of nitrogens with zero attached hydrogens (tertiary/aromatic N) is 1. The summed E-state index contributed by atoms with van der Waals surface area (Å²) in [4.78, 5) is 2.30. The molecule has 1 fully saturated rings. The molecular weight excluding hydrogens is 376 g/mol. The van der Waals surface area contributed by atoms with Crippen LogP contribution in [0.2, 0.25) is 5.02 Å². The smallest absolute Gasteiger partial charge is 0.261 e. The third kappa shape index (κ3) is 4.06. The van der Waals surface area contributed by atoms with Gasteiger partial charge in [0.15, 0.2) is 0 Å². The molecular formula is C18H21ClN2O4S. The van der Waals surface area contributed by atoms with Gasteiger partial charge in [-0.3, -0.25) is 4.72 Å². The van der Waals surface area contributed by atoms with Crippen molar-refractivity contribution in [3.8, 4) is 5.75 Å². The SMILES string of the molecule is COc1ccc(S(=O)(=O)Nc2ccc(N3CCC(OC)C3)cc2)cc1Cl. The number of hydrogen-bond donors (Lipinski definition) is 1. The van der Waals surface area contributed by atoms with Crippen molar-refractivity contribution in [1.29, 1.82) is 0 Å². The van der Waals surface area contributed by atoms with Crippen LogP contribution in [0.5, 0.6) is 5.75 Å². The molecule has 1 saturated heterocycles. The maximum absolute atomic E-state index is 12.5. The molecule has 0 bridgehead atoms. The van der Waals surface area contributed by atoms with Crippen molar-refractivity contribution in [2.45, 2.75) is 17.4 Å². The molecule has 0 aromatic heterocycles. The van der Waals surface area contributed by atoms with Crippen LogP contribution in [0.15, 0.2) is 47.4 Å². The van der Waals surface area contributed by atoms with Crippen LogP contribution >= 0.6 is 11.6 Å². The number of hydrogen-bond acceptors (Lipinski definition) is 5. The zero-order valence-electron chi connectivity index (χ0n) is 14.6. The average molecular weight is 397 g/mol. The summed E-state index contributed by atoms with van der Waals surface area (Å²) in [5.74, 6) is 0.426. The van der Waals surface area contributed by atoms with Gasteiger partial charge >= 0.3 is 0 Å². The van der Waals surface area contributed by atoms with E-state index >= 15 is 0 Å². The van der Waals surface area contributed by atoms with Crippen LogP contribution in [0.1, 0.15) is 6.42 Å². The number of rotatable bonds is 6. The third-order valence-corrected chi connectivity index (χ3v) is 6.07. The normalized spacial score (nSPS) is 17.3. The van der Waals surface area contributed by atoms with Gasteiger partial charge in [0.2, 0.25) is 0 Å². The van der Waals surface area contributed by atoms with Crippen molar-refractivity contribution in [3.05, 3.63) is 47.5 Å². The minimum atomic E-state index is -3.73. The van der Waals surface area contributed by atoms with E-state index in [2.05, 4.69) is 9.62 Å². The summed E-state index contributed by atoms with van der Waals surface area (Å²) in [6, 6.07) is 11.6. The van der Waals surface area contributed by atoms with E-state index in [4.69, 9.17) is 21.1 Å². The number of benzene rings is 2. The first-order chi connectivity index (χ1) is 12.4. The predicted octanol–water partition coefficient (Wildman–Crippen LogP) is 3.37. The van der Waals surface area contributed by atoms with Crippen molar-refractivity contribution in [3.63, 3.8) is 0 Å². The molecule has 1 heterocycles. The number of anilines is 2. The van der Waals surface area contributed by atoms with Gasteiger partial charge in [-0.1, -0.05) is 11.6 Å². The lowest BCUT2D eigenvalue weighted by molar-refractivity contribution is 0.121. The summed E-state index contributed by atoms with van der Waals surface area (Å²) in [6.07, 6.45) is 1.23. The van der Waals surface area contributed by atoms with Gasteiger partial charge in [-0.25, -0.2) is 8.42 Å². The van der Waals surface area contributed by atoms with Crippen LogP contribution in [0.25, 0.3) is 0 Å². The second-order valence-corrected chi connectivity index (χ2v) is 8.13. The highest BCUT2D eigenvalue weighted by Crippen LogP contribution is 2.28. The Hall–Kier alpha value is -1.96. The largest absolute Gasteiger partial charge is 0.495 e. The van der Waals surface area contributed by atoms with Crippen LogP contribution in [-0.2, 0) is 14.8 Å². The van der Waals surface area contributed by atoms with Gasteiger partial charge in [-0.15, -0.1) is 0 Å². The Morgan fingerprint density at radius 1 is 1.15 bits per heavy atom. The van der Waals surface area contributed by atoms with E-state index in [0.29, 0.717) is 11.4 Å². The van der Waals surface area contributed by atoms with Crippen LogP contribution < -0.4 is 14.4 Å². The number of sulfonamides is 1. The molecule has 1 unspecified atom stereocenters. The molecule has 0 spiro atoms. The quantitative estimate of drug-likeness (QED) is 0.810. The number of ether oxygens (including phenoxy) is 2. The fraction of sp³-hybridized carbons (Fsp3) is 0.333. The van der Waals surface area contributed by atoms with Crippen LogP contribution in [0.4, 0.5) is 11.4 Å². The van der Waals surface area contributed by atoms with Crippen LogP contribution in [-0.4, -0.2) is 41.8 Å². The first-order valence-electron chi connectivity index (χ1n) is 8.17. The maximum Gasteiger partial charge on any atom is 0.261 e. The minimum absolute atomic E-state index is 0.0786. The molecule has 1 aliphatic rings. The van der Waals surface area contributed by atoms with E-state index in [1.54, 1.807) is 19.2 Å². The summed E-state index contributed by atoms with van der Waals surface area (Å²) in [5, 5.41) is 0.243. The van der Waals surface area contributed by atoms with Crippen LogP contribution in [0.3, 0.4) is 0 Å². The van der Waals surface area contributed by atoms with Gasteiger partial charge in [-0.2, -0.15) is 0 Å². The highest BCUT2D eigenvalue weighted by atomic mass is 35.5. The molecule has 0 aliphatic carbocycles. The molecule has 1 aliphatic heterocycles. The van der Waals surface area contributed by atoms with Gasteiger partial charge in [-0.05, 0) is 48.9 Å². The molecule has 2 aromatic rings. The summed E-state index contributed by atoms with van der Waals surface area (Å²) in [6.45, 7) is 1.76. The van der Waals surface area contributed by atoms with Gasteiger partial charge in [0.05, 0.1) is 23.1 Å². The van der Waals surface area contributed by atoms with Gasteiger partial charge in [0.25, 0.3) is 10.0 Å². The summed E-state index contributed by atoms with van der Waals surface area (Å²) in [5.41, 5.74) is 1.53. The standard InChI is InChI=1S/C18H21ClN2O4S/c1-24-15-9-10-21(12-15)14-5-3-13(4-6-14)20-26(22,23)16-7-8-18(25-2)17(19)11-16/h3-8,11,15,20H,9-10,12H2,1-2H3. The van der Waals surface area contributed by atoms with Crippen molar-refractivity contribution >= 4 is 33.0 Å². The van der Waals surface area contributed by atoms with E-state index in [-0.39, 0.29) is 16.0 Å². The summed E-state index contributed by atoms with van der Waals surface area (Å²) >= 11 is 6.02. The molecule has 0 amide bonds. The zero-order valence-corrected chi connectivity index (χ0v) is 16.2. The molecule has 1 N–H and O–H groups in total. The topological polar surface area (TPSA) is 67.9 Å². The molecule has 140 valence electrons. The Kier molecular flexibility index (Phi) is 5.60. The lowest BCUT2D eigenvalue weighted by atomic mass is 10.2. The summed E-state index contributed by atoms with van der Waals surface area (Å²) in [7, 11) is -0.533. The lowest BCUT2D eigenvalue weighted by Crippen LogP contribution is -2.22. The monoisotopic (exact) mass is 396 g/mol. The number of nitrogens with one attached hydrogen (secondary N) is 1. The van der Waals surface area contributed by atoms with Crippen LogP contribution in [0, 0.1) is 0 Å². The van der Waals surface area contributed by atoms with E-state index in [0.717, 1.165) is 25.2 Å². The Morgan fingerprint density at radius 3 is 2.46 bits per heavy atom. The average Bonchev–Trinajstić information content (AvgIpc) is 3.11. The molecule has 26 heavy (non-hydrogen) atoms. The maximum atomic E-state index is 12.5. The number of halogens is 1. The first-order valence-corrected chi connectivity index (χ1v) is 10.0. The van der Waals surface area contributed by atoms with Crippen molar-refractivity contribution in [1.82, 2.24) is 0 Å². The molecule has 6 nitrogen and oxygen atoms in total. The highest BCUT2D eigenvalue weighted by molar-refractivity contribution is 7.92. The van der Waals surface area contributed by atoms with Gasteiger partial charge < -0.3 is 14.4 Å². The zero-order chi connectivity index (χ0) is 18.7. The molecule has 0 saturated carbocycles. The Balaban J connectivity index is 1.73. The Morgan fingerprint density at radius 2 is 1.88 bits per heavy atom. The second kappa shape index (κ2) is 7.73. The minimum Gasteiger partial charge on any atom is -0.495 e. The van der Waals surface area contributed by atoms with Crippen molar-refractivity contribution < 1.29 is 17.9 Å². The van der Waals surface area contributed by atoms with E-state index in [1.807, 2.05) is 12.1 Å². The fourth-order valence-electron chi connectivity index (χ4n) is 2.92. The third-order valence-electron chi connectivity index (χ3n) is 4.40. The predicted molar refractivity (Wildman–Crippen MR) is 103 cm³/mol.